The van der Waals surface area contributed by atoms with E-state index in [1.54, 1.807) is 4.57 Å². The zero-order chi connectivity index (χ0) is 21.5. The van der Waals surface area contributed by atoms with Crippen LogP contribution in [0, 0.1) is 6.92 Å². The fraction of sp³-hybridized carbons (Fsp3) is 0.227. The van der Waals surface area contributed by atoms with Crippen LogP contribution in [-0.4, -0.2) is 32.1 Å². The van der Waals surface area contributed by atoms with Crippen LogP contribution in [0.2, 0.25) is 5.02 Å². The van der Waals surface area contributed by atoms with Crippen molar-refractivity contribution in [2.24, 2.45) is 0 Å². The van der Waals surface area contributed by atoms with Crippen LogP contribution in [0.3, 0.4) is 0 Å². The van der Waals surface area contributed by atoms with Gasteiger partial charge < -0.3 is 0 Å². The lowest BCUT2D eigenvalue weighted by Gasteiger charge is -2.15. The normalized spacial score (nSPS) is 10.9. The van der Waals surface area contributed by atoms with Gasteiger partial charge in [-0.15, -0.1) is 23.4 Å². The minimum atomic E-state index is -0.302. The highest BCUT2D eigenvalue weighted by atomic mass is 35.5. The standard InChI is InChI=1S/C22H20Cl2N2O2S2/c1-15-8-10-17(11-9-15)26-20(16-6-3-2-4-7-16)25-21(19(24)22(26)28)30-13-5-12-29-18(27)14-23/h2-4,6-11H,5,12-14H2,1H3. The second kappa shape index (κ2) is 11.0. The lowest BCUT2D eigenvalue weighted by molar-refractivity contribution is -0.108. The van der Waals surface area contributed by atoms with Crippen molar-refractivity contribution in [2.75, 3.05) is 17.4 Å². The van der Waals surface area contributed by atoms with Gasteiger partial charge in [-0.3, -0.25) is 14.2 Å². The van der Waals surface area contributed by atoms with Crippen LogP contribution in [-0.2, 0) is 4.79 Å². The fourth-order valence-electron chi connectivity index (χ4n) is 2.74. The number of aromatic nitrogens is 2. The predicted octanol–water partition coefficient (Wildman–Crippen LogP) is 5.84. The highest BCUT2D eigenvalue weighted by Gasteiger charge is 2.18. The van der Waals surface area contributed by atoms with Gasteiger partial charge in [-0.05, 0) is 25.5 Å². The second-order valence-electron chi connectivity index (χ2n) is 6.45. The quantitative estimate of drug-likeness (QED) is 0.176. The van der Waals surface area contributed by atoms with E-state index < -0.39 is 0 Å². The largest absolute Gasteiger partial charge is 0.286 e. The van der Waals surface area contributed by atoms with Crippen LogP contribution < -0.4 is 5.56 Å². The molecule has 3 aromatic rings. The first kappa shape index (κ1) is 22.9. The molecule has 1 heterocycles. The van der Waals surface area contributed by atoms with E-state index in [0.29, 0.717) is 28.0 Å². The Morgan fingerprint density at radius 2 is 1.77 bits per heavy atom. The number of benzene rings is 2. The third-order valence-electron chi connectivity index (χ3n) is 4.22. The predicted molar refractivity (Wildman–Crippen MR) is 129 cm³/mol. The summed E-state index contributed by atoms with van der Waals surface area (Å²) in [6, 6.07) is 17.3. The number of carbonyl (C=O) groups excluding carboxylic acids is 1. The van der Waals surface area contributed by atoms with Crippen LogP contribution >= 0.6 is 46.7 Å². The molecule has 0 aliphatic heterocycles. The minimum Gasteiger partial charge on any atom is -0.286 e. The van der Waals surface area contributed by atoms with Gasteiger partial charge in [0.05, 0.1) is 11.6 Å². The summed E-state index contributed by atoms with van der Waals surface area (Å²) in [5.74, 6) is 1.92. The van der Waals surface area contributed by atoms with E-state index >= 15 is 0 Å². The van der Waals surface area contributed by atoms with Gasteiger partial charge in [0.2, 0.25) is 5.12 Å². The Morgan fingerprint density at radius 1 is 1.07 bits per heavy atom. The van der Waals surface area contributed by atoms with Crippen molar-refractivity contribution < 1.29 is 4.79 Å². The summed E-state index contributed by atoms with van der Waals surface area (Å²) in [7, 11) is 0. The first-order valence-electron chi connectivity index (χ1n) is 9.30. The molecule has 4 nitrogen and oxygen atoms in total. The Bertz CT molecular complexity index is 1070. The Hall–Kier alpha value is -1.73. The summed E-state index contributed by atoms with van der Waals surface area (Å²) in [4.78, 5) is 29.2. The zero-order valence-electron chi connectivity index (χ0n) is 16.3. The number of hydrogen-bond acceptors (Lipinski definition) is 5. The molecule has 0 unspecified atom stereocenters. The van der Waals surface area contributed by atoms with Gasteiger partial charge in [0.1, 0.15) is 15.9 Å². The van der Waals surface area contributed by atoms with Gasteiger partial charge in [0, 0.05) is 17.1 Å². The Balaban J connectivity index is 1.94. The number of halogens is 2. The molecule has 0 N–H and O–H groups in total. The Morgan fingerprint density at radius 3 is 2.43 bits per heavy atom. The van der Waals surface area contributed by atoms with Crippen molar-refractivity contribution in [2.45, 2.75) is 18.4 Å². The molecule has 30 heavy (non-hydrogen) atoms. The highest BCUT2D eigenvalue weighted by molar-refractivity contribution is 8.13. The van der Waals surface area contributed by atoms with Crippen LogP contribution in [0.4, 0.5) is 0 Å². The minimum absolute atomic E-state index is 0.0167. The molecule has 0 aliphatic carbocycles. The maximum Gasteiger partial charge on any atom is 0.278 e. The first-order valence-corrected chi connectivity index (χ1v) is 12.2. The van der Waals surface area contributed by atoms with E-state index in [-0.39, 0.29) is 21.6 Å². The molecule has 0 amide bonds. The highest BCUT2D eigenvalue weighted by Crippen LogP contribution is 2.28. The van der Waals surface area contributed by atoms with E-state index in [2.05, 4.69) is 0 Å². The Labute approximate surface area is 194 Å². The molecular formula is C22H20Cl2N2O2S2. The van der Waals surface area contributed by atoms with Crippen LogP contribution in [0.5, 0.6) is 0 Å². The molecule has 8 heteroatoms. The fourth-order valence-corrected chi connectivity index (χ4v) is 4.89. The molecule has 0 aliphatic rings. The van der Waals surface area contributed by atoms with E-state index in [1.165, 1.54) is 23.5 Å². The topological polar surface area (TPSA) is 52.0 Å². The zero-order valence-corrected chi connectivity index (χ0v) is 19.5. The van der Waals surface area contributed by atoms with Crippen molar-refractivity contribution in [3.8, 4) is 17.1 Å². The number of thioether (sulfide) groups is 2. The van der Waals surface area contributed by atoms with E-state index in [9.17, 15) is 9.59 Å². The number of hydrogen-bond donors (Lipinski definition) is 0. The molecule has 1 aromatic heterocycles. The molecule has 3 rings (SSSR count). The lowest BCUT2D eigenvalue weighted by Crippen LogP contribution is -2.23. The van der Waals surface area contributed by atoms with E-state index in [1.807, 2.05) is 61.5 Å². The van der Waals surface area contributed by atoms with Gasteiger partial charge in [0.15, 0.2) is 0 Å². The van der Waals surface area contributed by atoms with Gasteiger partial charge in [0.25, 0.3) is 5.56 Å². The number of carbonyl (C=O) groups is 1. The molecular weight excluding hydrogens is 459 g/mol. The molecule has 2 aromatic carbocycles. The maximum absolute atomic E-state index is 13.2. The second-order valence-corrected chi connectivity index (χ2v) is 9.33. The summed E-state index contributed by atoms with van der Waals surface area (Å²) >= 11 is 14.6. The number of aryl methyl sites for hydroxylation is 1. The molecule has 0 saturated carbocycles. The molecule has 0 atom stereocenters. The van der Waals surface area contributed by atoms with E-state index in [0.717, 1.165) is 17.5 Å². The monoisotopic (exact) mass is 478 g/mol. The van der Waals surface area contributed by atoms with Crippen molar-refractivity contribution >= 4 is 51.8 Å². The summed E-state index contributed by atoms with van der Waals surface area (Å²) < 4.78 is 1.55. The van der Waals surface area contributed by atoms with Crippen LogP contribution in [0.15, 0.2) is 64.4 Å². The van der Waals surface area contributed by atoms with Crippen molar-refractivity contribution in [1.82, 2.24) is 9.55 Å². The molecule has 156 valence electrons. The van der Waals surface area contributed by atoms with Gasteiger partial charge in [-0.2, -0.15) is 0 Å². The van der Waals surface area contributed by atoms with E-state index in [4.69, 9.17) is 28.2 Å². The number of nitrogens with zero attached hydrogens (tertiary/aromatic N) is 2. The number of alkyl halides is 1. The summed E-state index contributed by atoms with van der Waals surface area (Å²) in [5, 5.41) is 0.562. The summed E-state index contributed by atoms with van der Waals surface area (Å²) in [6.07, 6.45) is 0.775. The first-order chi connectivity index (χ1) is 14.5. The maximum atomic E-state index is 13.2. The van der Waals surface area contributed by atoms with Crippen molar-refractivity contribution in [3.63, 3.8) is 0 Å². The lowest BCUT2D eigenvalue weighted by atomic mass is 10.2. The van der Waals surface area contributed by atoms with Gasteiger partial charge in [-0.25, -0.2) is 4.98 Å². The van der Waals surface area contributed by atoms with Gasteiger partial charge >= 0.3 is 0 Å². The molecule has 0 saturated heterocycles. The summed E-state index contributed by atoms with van der Waals surface area (Å²) in [5.41, 5.74) is 2.34. The van der Waals surface area contributed by atoms with Crippen LogP contribution in [0.25, 0.3) is 17.1 Å². The average molecular weight is 479 g/mol. The molecule has 0 spiro atoms. The Kier molecular flexibility index (Phi) is 8.45. The molecule has 0 radical (unpaired) electrons. The number of rotatable bonds is 8. The third kappa shape index (κ3) is 5.70. The van der Waals surface area contributed by atoms with Crippen molar-refractivity contribution in [1.29, 1.82) is 0 Å². The van der Waals surface area contributed by atoms with Crippen LogP contribution in [0.1, 0.15) is 12.0 Å². The molecule has 0 bridgehead atoms. The van der Waals surface area contributed by atoms with Crippen molar-refractivity contribution in [3.05, 3.63) is 75.5 Å². The van der Waals surface area contributed by atoms with Gasteiger partial charge in [-0.1, -0.05) is 71.4 Å². The smallest absolute Gasteiger partial charge is 0.278 e. The molecule has 0 fully saturated rings. The third-order valence-corrected chi connectivity index (χ3v) is 7.10. The average Bonchev–Trinajstić information content (AvgIpc) is 2.77. The summed E-state index contributed by atoms with van der Waals surface area (Å²) in [6.45, 7) is 1.99. The SMILES string of the molecule is Cc1ccc(-n2c(-c3ccccc3)nc(SCCCSC(=O)CCl)c(Cl)c2=O)cc1.